The molecule has 0 unspecified atom stereocenters. The molecule has 4 aromatic rings. The summed E-state index contributed by atoms with van der Waals surface area (Å²) in [6.07, 6.45) is 0. The SMILES string of the molecule is O=C1[C@H](c2cc3ccccc3o2)[C@@H](c2ccccc2)N1Cc1ccccc1. The van der Waals surface area contributed by atoms with E-state index in [0.29, 0.717) is 6.54 Å². The van der Waals surface area contributed by atoms with Crippen molar-refractivity contribution in [2.24, 2.45) is 0 Å². The minimum absolute atomic E-state index is 0.0144. The van der Waals surface area contributed by atoms with Crippen molar-refractivity contribution in [3.63, 3.8) is 0 Å². The molecule has 0 aliphatic carbocycles. The summed E-state index contributed by atoms with van der Waals surface area (Å²) in [5, 5.41) is 1.04. The smallest absolute Gasteiger partial charge is 0.236 e. The lowest BCUT2D eigenvalue weighted by Crippen LogP contribution is -2.52. The quantitative estimate of drug-likeness (QED) is 0.467. The van der Waals surface area contributed by atoms with Crippen LogP contribution in [0.2, 0.25) is 0 Å². The van der Waals surface area contributed by atoms with Gasteiger partial charge in [-0.2, -0.15) is 0 Å². The Balaban J connectivity index is 1.53. The van der Waals surface area contributed by atoms with Gasteiger partial charge >= 0.3 is 0 Å². The number of hydrogen-bond acceptors (Lipinski definition) is 2. The molecule has 2 atom stereocenters. The summed E-state index contributed by atoms with van der Waals surface area (Å²) in [4.78, 5) is 15.0. The molecule has 0 N–H and O–H groups in total. The van der Waals surface area contributed by atoms with Gasteiger partial charge in [0.15, 0.2) is 0 Å². The van der Waals surface area contributed by atoms with Crippen molar-refractivity contribution < 1.29 is 9.21 Å². The molecule has 0 bridgehead atoms. The molecule has 5 rings (SSSR count). The van der Waals surface area contributed by atoms with Gasteiger partial charge in [-0.3, -0.25) is 4.79 Å². The molecule has 1 aromatic heterocycles. The summed E-state index contributed by atoms with van der Waals surface area (Å²) >= 11 is 0. The minimum atomic E-state index is -0.275. The molecule has 1 amide bonds. The van der Waals surface area contributed by atoms with Crippen LogP contribution in [0.15, 0.2) is 95.4 Å². The number of rotatable bonds is 4. The third-order valence-electron chi connectivity index (χ3n) is 5.29. The highest BCUT2D eigenvalue weighted by Crippen LogP contribution is 2.48. The maximum atomic E-state index is 13.1. The molecule has 3 nitrogen and oxygen atoms in total. The van der Waals surface area contributed by atoms with Gasteiger partial charge in [-0.05, 0) is 23.3 Å². The molecule has 3 heteroatoms. The van der Waals surface area contributed by atoms with Gasteiger partial charge < -0.3 is 9.32 Å². The Bertz CT molecular complexity index is 1050. The van der Waals surface area contributed by atoms with E-state index in [0.717, 1.165) is 27.9 Å². The standard InChI is InChI=1S/C24H19NO2/c26-24-22(21-15-19-13-7-8-14-20(19)27-21)23(18-11-5-2-6-12-18)25(24)16-17-9-3-1-4-10-17/h1-15,22-23H,16H2/t22-,23-/m1/s1. The van der Waals surface area contributed by atoms with Gasteiger partial charge in [0.25, 0.3) is 0 Å². The average molecular weight is 353 g/mol. The maximum absolute atomic E-state index is 13.1. The lowest BCUT2D eigenvalue weighted by Gasteiger charge is -2.46. The van der Waals surface area contributed by atoms with Crippen LogP contribution >= 0.6 is 0 Å². The van der Waals surface area contributed by atoms with Crippen LogP contribution < -0.4 is 0 Å². The van der Waals surface area contributed by atoms with Crippen molar-refractivity contribution in [3.8, 4) is 0 Å². The second-order valence-electron chi connectivity index (χ2n) is 6.97. The Morgan fingerprint density at radius 3 is 2.22 bits per heavy atom. The van der Waals surface area contributed by atoms with Crippen molar-refractivity contribution in [2.45, 2.75) is 18.5 Å². The maximum Gasteiger partial charge on any atom is 0.236 e. The molecule has 0 radical (unpaired) electrons. The topological polar surface area (TPSA) is 33.5 Å². The predicted octanol–water partition coefficient (Wildman–Crippen LogP) is 5.30. The molecule has 1 aliphatic heterocycles. The second-order valence-corrected chi connectivity index (χ2v) is 6.97. The number of hydrogen-bond donors (Lipinski definition) is 0. The molecular formula is C24H19NO2. The highest BCUT2D eigenvalue weighted by Gasteiger charge is 2.50. The number of benzene rings is 3. The van der Waals surface area contributed by atoms with Gasteiger partial charge in [-0.15, -0.1) is 0 Å². The van der Waals surface area contributed by atoms with E-state index in [4.69, 9.17) is 4.42 Å². The number of para-hydroxylation sites is 1. The van der Waals surface area contributed by atoms with E-state index >= 15 is 0 Å². The Morgan fingerprint density at radius 2 is 1.48 bits per heavy atom. The average Bonchev–Trinajstić information content (AvgIpc) is 3.14. The summed E-state index contributed by atoms with van der Waals surface area (Å²) in [6, 6.07) is 30.2. The lowest BCUT2D eigenvalue weighted by molar-refractivity contribution is -0.152. The van der Waals surface area contributed by atoms with Crippen LogP contribution in [0, 0.1) is 0 Å². The zero-order valence-corrected chi connectivity index (χ0v) is 14.8. The monoisotopic (exact) mass is 353 g/mol. The van der Waals surface area contributed by atoms with Crippen LogP contribution in [0.4, 0.5) is 0 Å². The number of carbonyl (C=O) groups excluding carboxylic acids is 1. The normalized spacial score (nSPS) is 19.3. The van der Waals surface area contributed by atoms with E-state index in [1.807, 2.05) is 71.6 Å². The summed E-state index contributed by atoms with van der Waals surface area (Å²) in [6.45, 7) is 0.607. The summed E-state index contributed by atoms with van der Waals surface area (Å²) in [5.74, 6) is 0.592. The number of fused-ring (bicyclic) bond motifs is 1. The number of furan rings is 1. The number of amides is 1. The minimum Gasteiger partial charge on any atom is -0.460 e. The molecule has 0 saturated carbocycles. The van der Waals surface area contributed by atoms with E-state index in [-0.39, 0.29) is 17.9 Å². The van der Waals surface area contributed by atoms with E-state index in [1.165, 1.54) is 0 Å². The number of β-lactam (4-membered cyclic amide) rings is 1. The fraction of sp³-hybridized carbons (Fsp3) is 0.125. The van der Waals surface area contributed by atoms with E-state index in [9.17, 15) is 4.79 Å². The van der Waals surface area contributed by atoms with Gasteiger partial charge in [-0.25, -0.2) is 0 Å². The second kappa shape index (κ2) is 6.44. The molecule has 3 aromatic carbocycles. The first-order chi connectivity index (χ1) is 13.3. The summed E-state index contributed by atoms with van der Waals surface area (Å²) < 4.78 is 6.05. The molecule has 132 valence electrons. The first-order valence-electron chi connectivity index (χ1n) is 9.19. The predicted molar refractivity (Wildman–Crippen MR) is 105 cm³/mol. The van der Waals surface area contributed by atoms with Crippen LogP contribution in [0.25, 0.3) is 11.0 Å². The first kappa shape index (κ1) is 15.9. The Hall–Kier alpha value is -3.33. The van der Waals surface area contributed by atoms with Crippen molar-refractivity contribution in [2.75, 3.05) is 0 Å². The third kappa shape index (κ3) is 2.72. The lowest BCUT2D eigenvalue weighted by atomic mass is 9.80. The zero-order valence-electron chi connectivity index (χ0n) is 14.8. The van der Waals surface area contributed by atoms with Gasteiger partial charge in [0.2, 0.25) is 5.91 Å². The zero-order chi connectivity index (χ0) is 18.2. The highest BCUT2D eigenvalue weighted by molar-refractivity contribution is 5.92. The summed E-state index contributed by atoms with van der Waals surface area (Å²) in [7, 11) is 0. The third-order valence-corrected chi connectivity index (χ3v) is 5.29. The fourth-order valence-electron chi connectivity index (χ4n) is 3.96. The molecule has 2 heterocycles. The number of carbonyl (C=O) groups is 1. The molecule has 0 spiro atoms. The van der Waals surface area contributed by atoms with Crippen LogP contribution in [0.5, 0.6) is 0 Å². The van der Waals surface area contributed by atoms with Gasteiger partial charge in [-0.1, -0.05) is 78.9 Å². The van der Waals surface area contributed by atoms with Crippen molar-refractivity contribution in [1.82, 2.24) is 4.90 Å². The number of likely N-dealkylation sites (tertiary alicyclic amines) is 1. The van der Waals surface area contributed by atoms with Gasteiger partial charge in [0.1, 0.15) is 17.3 Å². The van der Waals surface area contributed by atoms with Gasteiger partial charge in [0.05, 0.1) is 6.04 Å². The van der Waals surface area contributed by atoms with Crippen LogP contribution in [0.1, 0.15) is 28.8 Å². The Morgan fingerprint density at radius 1 is 0.815 bits per heavy atom. The Kier molecular flexibility index (Phi) is 3.79. The van der Waals surface area contributed by atoms with E-state index in [2.05, 4.69) is 24.3 Å². The van der Waals surface area contributed by atoms with E-state index < -0.39 is 0 Å². The van der Waals surface area contributed by atoms with Gasteiger partial charge in [0, 0.05) is 11.9 Å². The molecule has 1 saturated heterocycles. The Labute approximate surface area is 157 Å². The molecular weight excluding hydrogens is 334 g/mol. The van der Waals surface area contributed by atoms with Crippen LogP contribution in [0.3, 0.4) is 0 Å². The van der Waals surface area contributed by atoms with E-state index in [1.54, 1.807) is 0 Å². The summed E-state index contributed by atoms with van der Waals surface area (Å²) in [5.41, 5.74) is 3.10. The first-order valence-corrected chi connectivity index (χ1v) is 9.19. The fourth-order valence-corrected chi connectivity index (χ4v) is 3.96. The van der Waals surface area contributed by atoms with Crippen molar-refractivity contribution in [1.29, 1.82) is 0 Å². The van der Waals surface area contributed by atoms with Crippen LogP contribution in [-0.4, -0.2) is 10.8 Å². The highest BCUT2D eigenvalue weighted by atomic mass is 16.3. The largest absolute Gasteiger partial charge is 0.460 e. The molecule has 1 aliphatic rings. The molecule has 27 heavy (non-hydrogen) atoms. The van der Waals surface area contributed by atoms with Crippen molar-refractivity contribution >= 4 is 16.9 Å². The number of nitrogens with zero attached hydrogens (tertiary/aromatic N) is 1. The van der Waals surface area contributed by atoms with Crippen molar-refractivity contribution in [3.05, 3.63) is 108 Å². The molecule has 1 fully saturated rings. The van der Waals surface area contributed by atoms with Crippen LogP contribution in [-0.2, 0) is 11.3 Å².